The zero-order valence-corrected chi connectivity index (χ0v) is 15.8. The summed E-state index contributed by atoms with van der Waals surface area (Å²) < 4.78 is 15.1. The maximum absolute atomic E-state index is 11.6. The molecule has 2 amide bonds. The molecule has 0 spiro atoms. The van der Waals surface area contributed by atoms with Gasteiger partial charge in [-0.25, -0.2) is 9.59 Å². The van der Waals surface area contributed by atoms with E-state index in [2.05, 4.69) is 10.6 Å². The number of rotatable bonds is 8. The van der Waals surface area contributed by atoms with Crippen LogP contribution in [0.5, 0.6) is 0 Å². The maximum atomic E-state index is 11.6. The van der Waals surface area contributed by atoms with Gasteiger partial charge in [-0.1, -0.05) is 23.2 Å². The highest BCUT2D eigenvalue weighted by Gasteiger charge is 2.04. The zero-order valence-electron chi connectivity index (χ0n) is 14.2. The smallest absolute Gasteiger partial charge is 0.411 e. The third kappa shape index (κ3) is 8.63. The van der Waals surface area contributed by atoms with E-state index < -0.39 is 12.2 Å². The molecule has 2 aromatic carbocycles. The van der Waals surface area contributed by atoms with E-state index in [1.54, 1.807) is 48.5 Å². The lowest BCUT2D eigenvalue weighted by Crippen LogP contribution is -2.19. The summed E-state index contributed by atoms with van der Waals surface area (Å²) in [4.78, 5) is 23.1. The van der Waals surface area contributed by atoms with Crippen LogP contribution in [0.4, 0.5) is 21.0 Å². The van der Waals surface area contributed by atoms with Crippen LogP contribution in [0.1, 0.15) is 0 Å². The summed E-state index contributed by atoms with van der Waals surface area (Å²) in [5.74, 6) is 0. The summed E-state index contributed by atoms with van der Waals surface area (Å²) in [6, 6.07) is 13.3. The van der Waals surface area contributed by atoms with Gasteiger partial charge in [0.2, 0.25) is 0 Å². The topological polar surface area (TPSA) is 85.9 Å². The van der Waals surface area contributed by atoms with Gasteiger partial charge < -0.3 is 14.2 Å². The number of nitrogens with one attached hydrogen (secondary N) is 2. The number of hydrogen-bond donors (Lipinski definition) is 2. The molecule has 7 nitrogen and oxygen atoms in total. The van der Waals surface area contributed by atoms with E-state index in [1.165, 1.54) is 0 Å². The highest BCUT2D eigenvalue weighted by atomic mass is 35.5. The Morgan fingerprint density at radius 1 is 0.667 bits per heavy atom. The highest BCUT2D eigenvalue weighted by molar-refractivity contribution is 6.30. The molecule has 2 aromatic rings. The number of halogens is 2. The van der Waals surface area contributed by atoms with E-state index in [0.717, 1.165) is 0 Å². The monoisotopic (exact) mass is 412 g/mol. The fourth-order valence-corrected chi connectivity index (χ4v) is 2.11. The lowest BCUT2D eigenvalue weighted by molar-refractivity contribution is 0.0512. The number of amides is 2. The van der Waals surface area contributed by atoms with E-state index >= 15 is 0 Å². The van der Waals surface area contributed by atoms with Crippen LogP contribution in [0.25, 0.3) is 0 Å². The molecule has 0 aliphatic carbocycles. The second kappa shape index (κ2) is 11.3. The molecule has 0 aromatic heterocycles. The third-order valence-corrected chi connectivity index (χ3v) is 3.61. The fourth-order valence-electron chi connectivity index (χ4n) is 1.86. The van der Waals surface area contributed by atoms with Gasteiger partial charge in [-0.3, -0.25) is 10.6 Å². The van der Waals surface area contributed by atoms with Crippen molar-refractivity contribution in [2.75, 3.05) is 37.1 Å². The van der Waals surface area contributed by atoms with Gasteiger partial charge in [-0.2, -0.15) is 0 Å². The molecule has 0 atom stereocenters. The summed E-state index contributed by atoms with van der Waals surface area (Å²) in [5.41, 5.74) is 1.15. The molecular weight excluding hydrogens is 395 g/mol. The molecule has 0 aliphatic rings. The van der Waals surface area contributed by atoms with E-state index in [9.17, 15) is 9.59 Å². The van der Waals surface area contributed by atoms with Crippen LogP contribution in [0.2, 0.25) is 10.0 Å². The van der Waals surface area contributed by atoms with Crippen LogP contribution >= 0.6 is 23.2 Å². The molecule has 9 heteroatoms. The van der Waals surface area contributed by atoms with Gasteiger partial charge in [0.25, 0.3) is 0 Å². The number of carbonyl (C=O) groups is 2. The first-order valence-electron chi connectivity index (χ1n) is 7.99. The molecule has 0 unspecified atom stereocenters. The molecule has 0 heterocycles. The van der Waals surface area contributed by atoms with E-state index in [1.807, 2.05) is 0 Å². The van der Waals surface area contributed by atoms with Gasteiger partial charge in [0.1, 0.15) is 13.2 Å². The quantitative estimate of drug-likeness (QED) is 0.607. The normalized spacial score (nSPS) is 10.1. The third-order valence-electron chi connectivity index (χ3n) is 3.10. The van der Waals surface area contributed by atoms with Crippen molar-refractivity contribution in [1.29, 1.82) is 0 Å². The Bertz CT molecular complexity index is 675. The largest absolute Gasteiger partial charge is 0.447 e. The van der Waals surface area contributed by atoms with Crippen molar-refractivity contribution in [3.63, 3.8) is 0 Å². The molecule has 0 saturated carbocycles. The lowest BCUT2D eigenvalue weighted by Gasteiger charge is -2.09. The molecule has 0 aliphatic heterocycles. The van der Waals surface area contributed by atoms with Crippen LogP contribution in [-0.4, -0.2) is 38.6 Å². The zero-order chi connectivity index (χ0) is 19.5. The fraction of sp³-hybridized carbons (Fsp3) is 0.222. The van der Waals surface area contributed by atoms with Crippen molar-refractivity contribution >= 4 is 46.8 Å². The minimum absolute atomic E-state index is 0.0659. The van der Waals surface area contributed by atoms with Crippen molar-refractivity contribution in [2.45, 2.75) is 0 Å². The van der Waals surface area contributed by atoms with Crippen LogP contribution in [0, 0.1) is 0 Å². The highest BCUT2D eigenvalue weighted by Crippen LogP contribution is 2.14. The minimum Gasteiger partial charge on any atom is -0.447 e. The van der Waals surface area contributed by atoms with Gasteiger partial charge in [0.05, 0.1) is 13.2 Å². The van der Waals surface area contributed by atoms with Crippen LogP contribution in [0.3, 0.4) is 0 Å². The Labute approximate surface area is 166 Å². The summed E-state index contributed by atoms with van der Waals surface area (Å²) >= 11 is 11.5. The van der Waals surface area contributed by atoms with Crippen molar-refractivity contribution in [3.8, 4) is 0 Å². The number of hydrogen-bond acceptors (Lipinski definition) is 5. The SMILES string of the molecule is O=C(Nc1ccc(Cl)cc1)OCCOCCOC(=O)Nc1ccc(Cl)cc1. The summed E-state index contributed by atoms with van der Waals surface area (Å²) in [6.07, 6.45) is -1.20. The van der Waals surface area contributed by atoms with Crippen LogP contribution < -0.4 is 10.6 Å². The lowest BCUT2D eigenvalue weighted by atomic mass is 10.3. The van der Waals surface area contributed by atoms with Gasteiger partial charge in [0, 0.05) is 21.4 Å². The Morgan fingerprint density at radius 2 is 1.04 bits per heavy atom. The van der Waals surface area contributed by atoms with Gasteiger partial charge in [0.15, 0.2) is 0 Å². The molecule has 0 fully saturated rings. The first-order chi connectivity index (χ1) is 13.0. The second-order valence-corrected chi connectivity index (χ2v) is 6.02. The van der Waals surface area contributed by atoms with Crippen molar-refractivity contribution in [2.24, 2.45) is 0 Å². The maximum Gasteiger partial charge on any atom is 0.411 e. The second-order valence-electron chi connectivity index (χ2n) is 5.15. The van der Waals surface area contributed by atoms with Crippen LogP contribution in [-0.2, 0) is 14.2 Å². The Hall–Kier alpha value is -2.48. The first kappa shape index (κ1) is 20.8. The van der Waals surface area contributed by atoms with Gasteiger partial charge in [-0.15, -0.1) is 0 Å². The minimum atomic E-state index is -0.598. The molecular formula is C18H18Cl2N2O5. The predicted molar refractivity (Wildman–Crippen MR) is 104 cm³/mol. The number of carbonyl (C=O) groups excluding carboxylic acids is 2. The number of anilines is 2. The standard InChI is InChI=1S/C18H18Cl2N2O5/c19-13-1-5-15(6-2-13)21-17(23)26-11-9-25-10-12-27-18(24)22-16-7-3-14(20)4-8-16/h1-8H,9-12H2,(H,21,23)(H,22,24). The molecule has 2 N–H and O–H groups in total. The van der Waals surface area contributed by atoms with Crippen molar-refractivity contribution in [1.82, 2.24) is 0 Å². The summed E-state index contributed by atoms with van der Waals surface area (Å²) in [5, 5.41) is 6.25. The average Bonchev–Trinajstić information content (AvgIpc) is 2.65. The number of benzene rings is 2. The van der Waals surface area contributed by atoms with E-state index in [4.69, 9.17) is 37.4 Å². The van der Waals surface area contributed by atoms with E-state index in [-0.39, 0.29) is 26.4 Å². The molecule has 2 rings (SSSR count). The first-order valence-corrected chi connectivity index (χ1v) is 8.75. The molecule has 0 radical (unpaired) electrons. The molecule has 0 bridgehead atoms. The van der Waals surface area contributed by atoms with Crippen molar-refractivity contribution in [3.05, 3.63) is 58.6 Å². The van der Waals surface area contributed by atoms with E-state index in [0.29, 0.717) is 21.4 Å². The Balaban J connectivity index is 1.49. The Morgan fingerprint density at radius 3 is 1.41 bits per heavy atom. The van der Waals surface area contributed by atoms with Crippen LogP contribution in [0.15, 0.2) is 48.5 Å². The van der Waals surface area contributed by atoms with Gasteiger partial charge in [-0.05, 0) is 48.5 Å². The number of ether oxygens (including phenoxy) is 3. The summed E-state index contributed by atoms with van der Waals surface area (Å²) in [7, 11) is 0. The van der Waals surface area contributed by atoms with Crippen molar-refractivity contribution < 1.29 is 23.8 Å². The Kier molecular flexibility index (Phi) is 8.70. The predicted octanol–water partition coefficient (Wildman–Crippen LogP) is 4.81. The molecule has 144 valence electrons. The average molecular weight is 413 g/mol. The summed E-state index contributed by atoms with van der Waals surface area (Å²) in [6.45, 7) is 0.485. The molecule has 0 saturated heterocycles. The molecule has 27 heavy (non-hydrogen) atoms. The van der Waals surface area contributed by atoms with Gasteiger partial charge >= 0.3 is 12.2 Å².